The summed E-state index contributed by atoms with van der Waals surface area (Å²) in [6, 6.07) is 0. The second kappa shape index (κ2) is 17.0. The summed E-state index contributed by atoms with van der Waals surface area (Å²) in [4.78, 5) is 30.9. The molecule has 0 radical (unpaired) electrons. The van der Waals surface area contributed by atoms with Gasteiger partial charge in [-0.1, -0.05) is 11.6 Å². The largest absolute Gasteiger partial charge is 1.00 e. The molecule has 0 aliphatic heterocycles. The number of hydrogen-bond donors (Lipinski definition) is 2. The summed E-state index contributed by atoms with van der Waals surface area (Å²) in [5.41, 5.74) is 0.144. The van der Waals surface area contributed by atoms with E-state index < -0.39 is 23.2 Å². The van der Waals surface area contributed by atoms with Crippen LogP contribution in [0.1, 0.15) is 26.6 Å². The van der Waals surface area contributed by atoms with Crippen molar-refractivity contribution in [2.24, 2.45) is 4.99 Å². The number of carbonyl (C=O) groups is 2. The maximum Gasteiger partial charge on any atom is 1.00 e. The van der Waals surface area contributed by atoms with Crippen LogP contribution in [0.5, 0.6) is 0 Å². The summed E-state index contributed by atoms with van der Waals surface area (Å²) in [6.45, 7) is 7.90. The van der Waals surface area contributed by atoms with Crippen LogP contribution in [0.4, 0.5) is 4.39 Å². The Morgan fingerprint density at radius 2 is 2.12 bits per heavy atom. The Balaban J connectivity index is 0.0000102. The fourth-order valence-corrected chi connectivity index (χ4v) is 2.06. The maximum absolute atomic E-state index is 13.9. The minimum atomic E-state index is -1.02. The molecule has 0 spiro atoms. The first-order valence-corrected chi connectivity index (χ1v) is 9.83. The van der Waals surface area contributed by atoms with E-state index in [9.17, 15) is 19.1 Å². The van der Waals surface area contributed by atoms with Crippen LogP contribution in [0.2, 0.25) is 0 Å². The fraction of sp³-hybridized carbons (Fsp3) is 0.381. The van der Waals surface area contributed by atoms with E-state index >= 15 is 0 Å². The first kappa shape index (κ1) is 30.4. The Hall–Kier alpha value is -2.60. The number of allylic oxidation sites excluding steroid dienone is 5. The van der Waals surface area contributed by atoms with E-state index in [2.05, 4.69) is 25.7 Å². The van der Waals surface area contributed by atoms with Crippen molar-refractivity contribution in [1.82, 2.24) is 25.4 Å². The van der Waals surface area contributed by atoms with Crippen LogP contribution in [0.15, 0.2) is 52.4 Å². The Kier molecular flexibility index (Phi) is 15.6. The Bertz CT molecular complexity index is 922. The second-order valence-corrected chi connectivity index (χ2v) is 6.77. The van der Waals surface area contributed by atoms with Crippen LogP contribution in [0, 0.1) is 6.92 Å². The molecule has 0 bridgehead atoms. The van der Waals surface area contributed by atoms with Gasteiger partial charge in [0, 0.05) is 12.7 Å². The summed E-state index contributed by atoms with van der Waals surface area (Å²) >= 11 is 0. The average molecular weight is 470 g/mol. The molecule has 0 saturated heterocycles. The molecule has 1 heterocycles. The van der Waals surface area contributed by atoms with Gasteiger partial charge in [-0.2, -0.15) is 5.10 Å². The van der Waals surface area contributed by atoms with E-state index in [1.54, 1.807) is 13.8 Å². The molecule has 0 atom stereocenters. The minimum absolute atomic E-state index is 0. The van der Waals surface area contributed by atoms with Gasteiger partial charge in [-0.15, -0.1) is 0 Å². The van der Waals surface area contributed by atoms with E-state index in [1.165, 1.54) is 35.4 Å². The molecule has 0 saturated carbocycles. The Labute approximate surface area is 214 Å². The maximum atomic E-state index is 13.9. The third kappa shape index (κ3) is 12.9. The number of aldehydes is 1. The number of hydrogen-bond acceptors (Lipinski definition) is 7. The van der Waals surface area contributed by atoms with E-state index in [0.717, 1.165) is 6.34 Å². The molecule has 1 aromatic heterocycles. The second-order valence-electron chi connectivity index (χ2n) is 6.77. The van der Waals surface area contributed by atoms with Gasteiger partial charge in [0.25, 0.3) is 5.91 Å². The van der Waals surface area contributed by atoms with Crippen molar-refractivity contribution in [2.75, 3.05) is 19.7 Å². The van der Waals surface area contributed by atoms with E-state index in [1.807, 2.05) is 13.8 Å². The van der Waals surface area contributed by atoms with E-state index in [4.69, 9.17) is 4.74 Å². The molecule has 2 N–H and O–H groups in total. The number of nitrogens with zero attached hydrogens (tertiary/aromatic N) is 4. The molecule has 33 heavy (non-hydrogen) atoms. The predicted octanol–water partition coefficient (Wildman–Crippen LogP) is -2.21. The summed E-state index contributed by atoms with van der Waals surface area (Å²) in [5.74, 6) is -1.73. The van der Waals surface area contributed by atoms with Crippen molar-refractivity contribution >= 4 is 24.7 Å². The third-order valence-corrected chi connectivity index (χ3v) is 3.73. The minimum Gasteiger partial charge on any atom is -0.869 e. The first-order chi connectivity index (χ1) is 15.2. The number of halogens is 1. The van der Waals surface area contributed by atoms with Gasteiger partial charge in [0.05, 0.1) is 25.6 Å². The average Bonchev–Trinajstić information content (AvgIpc) is 3.17. The molecule has 12 heteroatoms. The fourth-order valence-electron chi connectivity index (χ4n) is 2.06. The molecule has 1 rings (SSSR count). The van der Waals surface area contributed by atoms with Crippen molar-refractivity contribution in [2.45, 2.75) is 33.8 Å². The van der Waals surface area contributed by atoms with Gasteiger partial charge in [-0.25, -0.2) is 14.1 Å². The quantitative estimate of drug-likeness (QED) is 0.0488. The number of aryl methyl sites for hydroxylation is 1. The molecule has 0 fully saturated rings. The van der Waals surface area contributed by atoms with Gasteiger partial charge in [0.1, 0.15) is 30.0 Å². The standard InChI is InChI=1S/C21H29FN6O4.Na/c1-15(2)32-10-8-23-13-26-20(19(30)12-29)21(31)24-11-16(3)5-6-18(22)7-9-28-17(4)25-14-27-28;/h5-7,9,12-15,30H,8,10-11H2,1-4H3,(H,23,26)(H,24,31);/q;+1/p-1/b9-7+,16-5+,18-6+,20-19+;. The van der Waals surface area contributed by atoms with Gasteiger partial charge in [0.2, 0.25) is 0 Å². The molecule has 0 aromatic carbocycles. The molecule has 0 unspecified atom stereocenters. The SMILES string of the molecule is C\C(=C/C=C(F)\C=C\n1ncnc1C)CNC(=O)/C(NC=NCCOC(C)C)=C(\[O-])C=O.[Na+]. The van der Waals surface area contributed by atoms with Crippen LogP contribution in [0.25, 0.3) is 6.20 Å². The normalized spacial score (nSPS) is 13.3. The van der Waals surface area contributed by atoms with Crippen LogP contribution in [0.3, 0.4) is 0 Å². The molecular formula is C21H28FN6NaO4. The molecule has 0 aliphatic rings. The first-order valence-electron chi connectivity index (χ1n) is 9.83. The third-order valence-electron chi connectivity index (χ3n) is 3.73. The van der Waals surface area contributed by atoms with Crippen molar-refractivity contribution in [3.8, 4) is 0 Å². The number of aliphatic imine (C=N–C) groups is 1. The number of aromatic nitrogens is 3. The molecule has 174 valence electrons. The van der Waals surface area contributed by atoms with Gasteiger partial charge in [0.15, 0.2) is 0 Å². The van der Waals surface area contributed by atoms with Crippen molar-refractivity contribution in [3.63, 3.8) is 0 Å². The predicted molar refractivity (Wildman–Crippen MR) is 117 cm³/mol. The molecule has 0 aliphatic carbocycles. The summed E-state index contributed by atoms with van der Waals surface area (Å²) < 4.78 is 20.6. The molecule has 1 aromatic rings. The van der Waals surface area contributed by atoms with Crippen molar-refractivity contribution in [3.05, 3.63) is 53.2 Å². The van der Waals surface area contributed by atoms with Gasteiger partial charge in [-0.3, -0.25) is 14.6 Å². The van der Waals surface area contributed by atoms with Crippen molar-refractivity contribution < 1.29 is 53.4 Å². The van der Waals surface area contributed by atoms with Crippen LogP contribution in [-0.4, -0.2) is 59.1 Å². The number of rotatable bonds is 13. The molecule has 10 nitrogen and oxygen atoms in total. The number of amides is 1. The van der Waals surface area contributed by atoms with Crippen LogP contribution in [-0.2, 0) is 14.3 Å². The Morgan fingerprint density at radius 1 is 1.39 bits per heavy atom. The summed E-state index contributed by atoms with van der Waals surface area (Å²) in [7, 11) is 0. The van der Waals surface area contributed by atoms with E-state index in [-0.39, 0.29) is 48.5 Å². The Morgan fingerprint density at radius 3 is 2.73 bits per heavy atom. The zero-order chi connectivity index (χ0) is 23.9. The summed E-state index contributed by atoms with van der Waals surface area (Å²) in [5, 5.41) is 20.5. The van der Waals surface area contributed by atoms with Gasteiger partial charge in [-0.05, 0) is 45.6 Å². The van der Waals surface area contributed by atoms with Gasteiger partial charge >= 0.3 is 29.6 Å². The smallest absolute Gasteiger partial charge is 0.869 e. The monoisotopic (exact) mass is 470 g/mol. The van der Waals surface area contributed by atoms with Crippen LogP contribution < -0.4 is 45.3 Å². The number of carbonyl (C=O) groups excluding carboxylic acids is 2. The summed E-state index contributed by atoms with van der Waals surface area (Å²) in [6.07, 6.45) is 7.94. The van der Waals surface area contributed by atoms with Crippen LogP contribution >= 0.6 is 0 Å². The number of nitrogens with one attached hydrogen (secondary N) is 2. The zero-order valence-electron chi connectivity index (χ0n) is 19.5. The molecule has 1 amide bonds. The topological polar surface area (TPSA) is 134 Å². The van der Waals surface area contributed by atoms with E-state index in [0.29, 0.717) is 24.5 Å². The zero-order valence-corrected chi connectivity index (χ0v) is 21.5. The van der Waals surface area contributed by atoms with Crippen molar-refractivity contribution in [1.29, 1.82) is 0 Å². The number of ether oxygens (including phenoxy) is 1. The van der Waals surface area contributed by atoms with Gasteiger partial charge < -0.3 is 20.5 Å². The molecular weight excluding hydrogens is 442 g/mol.